The summed E-state index contributed by atoms with van der Waals surface area (Å²) in [6, 6.07) is 9.55. The second kappa shape index (κ2) is 7.56. The Bertz CT molecular complexity index is 804. The number of aromatic nitrogens is 1. The second-order valence-electron chi connectivity index (χ2n) is 8.01. The highest BCUT2D eigenvalue weighted by Crippen LogP contribution is 2.49. The zero-order valence-corrected chi connectivity index (χ0v) is 15.8. The first-order valence-corrected chi connectivity index (χ1v) is 10.00. The first-order valence-electron chi connectivity index (χ1n) is 10.00. The minimum Gasteiger partial charge on any atom is -0.445 e. The van der Waals surface area contributed by atoms with Crippen LogP contribution >= 0.6 is 0 Å². The quantitative estimate of drug-likeness (QED) is 0.826. The van der Waals surface area contributed by atoms with E-state index in [1.165, 1.54) is 37.5 Å². The molecule has 7 nitrogen and oxygen atoms in total. The van der Waals surface area contributed by atoms with Crippen molar-refractivity contribution >= 4 is 11.8 Å². The van der Waals surface area contributed by atoms with Gasteiger partial charge in [0.05, 0.1) is 25.5 Å². The van der Waals surface area contributed by atoms with Crippen molar-refractivity contribution < 1.29 is 18.7 Å². The second-order valence-corrected chi connectivity index (χ2v) is 8.01. The fraction of sp³-hybridized carbons (Fsp3) is 0.524. The number of piperidine rings is 1. The molecule has 2 aliphatic heterocycles. The maximum atomic E-state index is 11.9. The van der Waals surface area contributed by atoms with Gasteiger partial charge in [-0.1, -0.05) is 12.1 Å². The number of carbonyl (C=O) groups is 1. The van der Waals surface area contributed by atoms with Crippen LogP contribution in [-0.4, -0.2) is 47.8 Å². The van der Waals surface area contributed by atoms with Crippen molar-refractivity contribution in [2.24, 2.45) is 11.8 Å². The topological polar surface area (TPSA) is 76.8 Å². The number of anilines is 1. The maximum absolute atomic E-state index is 11.9. The molecule has 0 radical (unpaired) electrons. The lowest BCUT2D eigenvalue weighted by atomic mass is 9.88. The van der Waals surface area contributed by atoms with Crippen LogP contribution in [0.15, 0.2) is 41.3 Å². The number of ether oxygens (including phenoxy) is 2. The molecule has 7 heteroatoms. The molecule has 3 heterocycles. The van der Waals surface area contributed by atoms with Crippen LogP contribution < -0.4 is 5.32 Å². The number of likely N-dealkylation sites (tertiary alicyclic amines) is 1. The van der Waals surface area contributed by atoms with Gasteiger partial charge in [0.1, 0.15) is 0 Å². The Kier molecular flexibility index (Phi) is 4.78. The van der Waals surface area contributed by atoms with Crippen molar-refractivity contribution in [1.82, 2.24) is 9.88 Å². The lowest BCUT2D eigenvalue weighted by Gasteiger charge is -2.41. The van der Waals surface area contributed by atoms with Crippen molar-refractivity contribution in [2.45, 2.75) is 38.0 Å². The summed E-state index contributed by atoms with van der Waals surface area (Å²) in [4.78, 5) is 18.3. The van der Waals surface area contributed by atoms with Gasteiger partial charge in [-0.25, -0.2) is 9.78 Å². The van der Waals surface area contributed by atoms with Gasteiger partial charge in [0.2, 0.25) is 0 Å². The Morgan fingerprint density at radius 3 is 2.86 bits per heavy atom. The number of hydrogen-bond donors (Lipinski definition) is 1. The van der Waals surface area contributed by atoms with Crippen molar-refractivity contribution in [3.05, 3.63) is 48.2 Å². The first kappa shape index (κ1) is 17.7. The normalized spacial score (nSPS) is 26.9. The molecule has 2 saturated heterocycles. The van der Waals surface area contributed by atoms with E-state index in [0.29, 0.717) is 11.8 Å². The van der Waals surface area contributed by atoms with Crippen LogP contribution in [0.3, 0.4) is 0 Å². The van der Waals surface area contributed by atoms with E-state index < -0.39 is 6.09 Å². The molecule has 1 saturated carbocycles. The van der Waals surface area contributed by atoms with Crippen LogP contribution in [0, 0.1) is 11.8 Å². The fourth-order valence-corrected chi connectivity index (χ4v) is 4.54. The molecular formula is C21H25N3O4. The molecule has 3 aliphatic rings. The van der Waals surface area contributed by atoms with Crippen molar-refractivity contribution in [1.29, 1.82) is 0 Å². The van der Waals surface area contributed by atoms with Crippen LogP contribution in [0.4, 0.5) is 10.5 Å². The van der Waals surface area contributed by atoms with E-state index in [4.69, 9.17) is 13.9 Å². The summed E-state index contributed by atoms with van der Waals surface area (Å²) in [7, 11) is 0. The number of amides is 1. The summed E-state index contributed by atoms with van der Waals surface area (Å²) in [5.74, 6) is 2.13. The number of oxazole rings is 1. The molecule has 1 aliphatic carbocycles. The number of benzene rings is 1. The Balaban J connectivity index is 1.09. The number of rotatable bonds is 6. The summed E-state index contributed by atoms with van der Waals surface area (Å²) >= 11 is 0. The standard InChI is InChI=1S/C21H25N3O4/c25-21(27-12-18-9-22-13-28-18)23-16-3-1-14(2-4-16)7-15-5-6-24(17-10-26-11-17)20-8-19(15)20/h1-4,9,13,15,17,19-20H,5-8,10-12H2,(H,23,25). The van der Waals surface area contributed by atoms with E-state index in [9.17, 15) is 4.79 Å². The summed E-state index contributed by atoms with van der Waals surface area (Å²) in [6.45, 7) is 3.11. The molecular weight excluding hydrogens is 358 g/mol. The van der Waals surface area contributed by atoms with Crippen LogP contribution in [-0.2, 0) is 22.5 Å². The van der Waals surface area contributed by atoms with Gasteiger partial charge in [0.25, 0.3) is 0 Å². The molecule has 1 amide bonds. The molecule has 5 rings (SSSR count). The van der Waals surface area contributed by atoms with E-state index in [-0.39, 0.29) is 6.61 Å². The summed E-state index contributed by atoms with van der Waals surface area (Å²) in [5.41, 5.74) is 2.06. The Labute approximate surface area is 164 Å². The number of nitrogens with zero attached hydrogens (tertiary/aromatic N) is 2. The van der Waals surface area contributed by atoms with Gasteiger partial charge in [-0.05, 0) is 55.3 Å². The average molecular weight is 383 g/mol. The monoisotopic (exact) mass is 383 g/mol. The van der Waals surface area contributed by atoms with Gasteiger partial charge in [-0.2, -0.15) is 0 Å². The number of nitrogens with one attached hydrogen (secondary N) is 1. The van der Waals surface area contributed by atoms with Gasteiger partial charge in [-0.3, -0.25) is 10.2 Å². The molecule has 3 atom stereocenters. The van der Waals surface area contributed by atoms with Crippen molar-refractivity contribution in [3.8, 4) is 0 Å². The highest BCUT2D eigenvalue weighted by Gasteiger charge is 2.51. The maximum Gasteiger partial charge on any atom is 0.412 e. The van der Waals surface area contributed by atoms with E-state index in [2.05, 4.69) is 27.3 Å². The van der Waals surface area contributed by atoms with Crippen LogP contribution in [0.2, 0.25) is 0 Å². The van der Waals surface area contributed by atoms with Gasteiger partial charge >= 0.3 is 6.09 Å². The fourth-order valence-electron chi connectivity index (χ4n) is 4.54. The predicted molar refractivity (Wildman–Crippen MR) is 102 cm³/mol. The van der Waals surface area contributed by atoms with Gasteiger partial charge in [0, 0.05) is 11.7 Å². The van der Waals surface area contributed by atoms with Gasteiger partial charge < -0.3 is 13.9 Å². The third-order valence-corrected chi connectivity index (χ3v) is 6.21. The highest BCUT2D eigenvalue weighted by molar-refractivity contribution is 5.84. The van der Waals surface area contributed by atoms with Crippen molar-refractivity contribution in [2.75, 3.05) is 25.1 Å². The predicted octanol–water partition coefficient (Wildman–Crippen LogP) is 3.08. The largest absolute Gasteiger partial charge is 0.445 e. The van der Waals surface area contributed by atoms with Crippen LogP contribution in [0.5, 0.6) is 0 Å². The van der Waals surface area contributed by atoms with Crippen LogP contribution in [0.1, 0.15) is 24.2 Å². The lowest BCUT2D eigenvalue weighted by Crippen LogP contribution is -2.52. The average Bonchev–Trinajstić information content (AvgIpc) is 3.30. The van der Waals surface area contributed by atoms with E-state index in [1.807, 2.05) is 12.1 Å². The summed E-state index contributed by atoms with van der Waals surface area (Å²) < 4.78 is 15.5. The molecule has 148 valence electrons. The molecule has 3 fully saturated rings. The van der Waals surface area contributed by atoms with E-state index >= 15 is 0 Å². The first-order chi connectivity index (χ1) is 13.8. The number of fused-ring (bicyclic) bond motifs is 1. The van der Waals surface area contributed by atoms with Gasteiger partial charge in [-0.15, -0.1) is 0 Å². The molecule has 2 aromatic rings. The van der Waals surface area contributed by atoms with E-state index in [0.717, 1.165) is 43.2 Å². The third kappa shape index (κ3) is 3.77. The van der Waals surface area contributed by atoms with Crippen molar-refractivity contribution in [3.63, 3.8) is 0 Å². The van der Waals surface area contributed by atoms with Crippen LogP contribution in [0.25, 0.3) is 0 Å². The summed E-state index contributed by atoms with van der Waals surface area (Å²) in [6.07, 6.45) is 6.06. The Morgan fingerprint density at radius 1 is 1.29 bits per heavy atom. The van der Waals surface area contributed by atoms with E-state index in [1.54, 1.807) is 0 Å². The van der Waals surface area contributed by atoms with Gasteiger partial charge in [0.15, 0.2) is 18.8 Å². The Hall–Kier alpha value is -2.38. The molecule has 0 bridgehead atoms. The number of hydrogen-bond acceptors (Lipinski definition) is 6. The zero-order chi connectivity index (χ0) is 18.9. The lowest BCUT2D eigenvalue weighted by molar-refractivity contribution is -0.0773. The molecule has 28 heavy (non-hydrogen) atoms. The summed E-state index contributed by atoms with van der Waals surface area (Å²) in [5, 5.41) is 2.74. The molecule has 1 aromatic carbocycles. The minimum atomic E-state index is -0.502. The number of carbonyl (C=O) groups excluding carboxylic acids is 1. The molecule has 0 spiro atoms. The SMILES string of the molecule is O=C(Nc1ccc(CC2CCN(C3COC3)C3CC23)cc1)OCc1cnco1. The molecule has 1 N–H and O–H groups in total. The highest BCUT2D eigenvalue weighted by atomic mass is 16.6. The minimum absolute atomic E-state index is 0.0676. The molecule has 3 unspecified atom stereocenters. The third-order valence-electron chi connectivity index (χ3n) is 6.21. The Morgan fingerprint density at radius 2 is 2.14 bits per heavy atom. The molecule has 1 aromatic heterocycles. The smallest absolute Gasteiger partial charge is 0.412 e. The zero-order valence-electron chi connectivity index (χ0n) is 15.8.